The Hall–Kier alpha value is -3.00. The molecule has 12 aliphatic carbocycles. The van der Waals surface area contributed by atoms with E-state index in [1.54, 1.807) is 25.0 Å². The molecule has 13 heteroatoms. The van der Waals surface area contributed by atoms with E-state index in [1.165, 1.54) is 116 Å². The van der Waals surface area contributed by atoms with Gasteiger partial charge in [0.1, 0.15) is 11.6 Å². The van der Waals surface area contributed by atoms with Crippen molar-refractivity contribution in [1.29, 1.82) is 0 Å². The first-order chi connectivity index (χ1) is 42.9. The molecule has 4 N–H and O–H groups in total. The summed E-state index contributed by atoms with van der Waals surface area (Å²) in [6, 6.07) is 0. The van der Waals surface area contributed by atoms with Crippen LogP contribution in [-0.4, -0.2) is 83.9 Å². The highest BCUT2D eigenvalue weighted by atomic mass is 79.9. The van der Waals surface area contributed by atoms with E-state index >= 15 is 0 Å². The summed E-state index contributed by atoms with van der Waals surface area (Å²) in [5, 5.41) is 32.5. The van der Waals surface area contributed by atoms with Gasteiger partial charge in [-0.2, -0.15) is 0 Å². The molecule has 0 amide bonds. The number of carbonyl (C=O) groups is 3. The normalized spacial score (nSPS) is 45.9. The number of rotatable bonds is 8. The topological polar surface area (TPSA) is 176 Å². The Balaban J connectivity index is 0.000000157. The maximum absolute atomic E-state index is 13.4. The number of aromatic nitrogens is 6. The summed E-state index contributed by atoms with van der Waals surface area (Å²) in [7, 11) is 0. The Labute approximate surface area is 578 Å². The number of imidazole rings is 3. The highest BCUT2D eigenvalue weighted by molar-refractivity contribution is 9.09. The largest absolute Gasteiger partial charge is 0.390 e. The monoisotopic (exact) mass is 1360 g/mol. The van der Waals surface area contributed by atoms with Crippen LogP contribution in [0, 0.1) is 142 Å². The number of carbonyl (C=O) groups excluding carboxylic acids is 3. The van der Waals surface area contributed by atoms with E-state index in [1.807, 2.05) is 63.1 Å². The number of H-pyrrole nitrogens is 1. The first-order valence-electron chi connectivity index (χ1n) is 37.1. The first-order valence-corrected chi connectivity index (χ1v) is 38.2. The quantitative estimate of drug-likeness (QED) is 0.160. The van der Waals surface area contributed by atoms with Gasteiger partial charge in [0.05, 0.1) is 53.6 Å². The van der Waals surface area contributed by atoms with E-state index in [0.29, 0.717) is 81.6 Å². The molecule has 3 heterocycles. The lowest BCUT2D eigenvalue weighted by molar-refractivity contribution is -0.151. The number of aryl methyl sites for hydroxylation is 3. The summed E-state index contributed by atoms with van der Waals surface area (Å²) in [5.74, 6) is 11.9. The Morgan fingerprint density at radius 1 is 0.489 bits per heavy atom. The van der Waals surface area contributed by atoms with Gasteiger partial charge >= 0.3 is 0 Å². The molecule has 3 aromatic heterocycles. The molecule has 0 radical (unpaired) electrons. The standard InChI is InChI=1S/2C26H40N2O2.C22H35BrO2.C4H6N2.3CH4/c1-17-14-28(16-27-17)15-23(29)22-8-7-20-19-6-5-18-13-24(2,30)11-12-25(18,3)21(19)9-10-26(20,22)4;1-17-27-13-14-28(17)16-23(29)22-8-7-20-19-6-5-18-15-24(2,30)11-12-25(18,3)21(19)9-10-26(20,22)4;1-20(25)10-11-21(2)14(12-20)4-5-15-16-6-7-18(19(24)13-23)22(16,3)9-8-17(15)21;1-4-2-5-3-6-4;;;/h14,16,18-22,30H,5-13,15H2,1-4H3;13-14,18-22,30H,5-12,15-16H2,1-4H3;14-18,25H,4-13H2,1-3H3;2-3H,1H3,(H,5,6);3*1H4/t2*18-,19-,20-,21-,22+,24+,25-,26-;14-,15-,16-,17-,18+,20+,21-,22-;;;;/m000..../s1. The van der Waals surface area contributed by atoms with Crippen molar-refractivity contribution in [2.75, 3.05) is 5.33 Å². The van der Waals surface area contributed by atoms with Crippen LogP contribution in [0.2, 0.25) is 0 Å². The predicted octanol–water partition coefficient (Wildman–Crippen LogP) is 18.3. The van der Waals surface area contributed by atoms with Gasteiger partial charge in [-0.1, -0.05) is 79.8 Å². The molecule has 12 nitrogen and oxygen atoms in total. The molecule has 0 unspecified atom stereocenters. The summed E-state index contributed by atoms with van der Waals surface area (Å²) in [6.07, 6.45) is 42.7. The lowest BCUT2D eigenvalue weighted by atomic mass is 9.44. The summed E-state index contributed by atoms with van der Waals surface area (Å²) >= 11 is 3.43. The molecule has 3 aromatic rings. The average Bonchev–Trinajstić information content (AvgIpc) is 1.41. The zero-order valence-corrected chi connectivity index (χ0v) is 60.1. The molecule has 12 saturated carbocycles. The Kier molecular flexibility index (Phi) is 22.3. The molecule has 12 aliphatic rings. The molecule has 0 aliphatic heterocycles. The molecule has 94 heavy (non-hydrogen) atoms. The molecule has 0 spiro atoms. The van der Waals surface area contributed by atoms with Crippen LogP contribution in [-0.2, 0) is 27.5 Å². The summed E-state index contributed by atoms with van der Waals surface area (Å²) in [6.45, 7) is 28.0. The molecule has 24 atom stereocenters. The van der Waals surface area contributed by atoms with E-state index in [4.69, 9.17) is 0 Å². The van der Waals surface area contributed by atoms with Gasteiger partial charge in [-0.15, -0.1) is 0 Å². The fraction of sp³-hybridized carbons (Fsp3) is 0.852. The molecule has 12 fully saturated rings. The van der Waals surface area contributed by atoms with E-state index in [2.05, 4.69) is 77.4 Å². The fourth-order valence-electron chi connectivity index (χ4n) is 26.0. The lowest BCUT2D eigenvalue weighted by Gasteiger charge is -2.61. The van der Waals surface area contributed by atoms with Gasteiger partial charge in [0, 0.05) is 48.2 Å². The van der Waals surface area contributed by atoms with Crippen molar-refractivity contribution in [2.24, 2.45) is 121 Å². The lowest BCUT2D eigenvalue weighted by Crippen LogP contribution is -2.55. The number of Topliss-reactive ketones (excluding diaryl/α,β-unsaturated/α-hetero) is 3. The van der Waals surface area contributed by atoms with Gasteiger partial charge in [0.25, 0.3) is 0 Å². The van der Waals surface area contributed by atoms with E-state index in [9.17, 15) is 29.7 Å². The third-order valence-corrected chi connectivity index (χ3v) is 31.7. The number of fused-ring (bicyclic) bond motifs is 15. The number of nitrogens with zero attached hydrogens (tertiary/aromatic N) is 5. The Morgan fingerprint density at radius 2 is 0.872 bits per heavy atom. The van der Waals surface area contributed by atoms with Crippen LogP contribution in [0.15, 0.2) is 37.4 Å². The number of aromatic amines is 1. The van der Waals surface area contributed by atoms with Gasteiger partial charge in [0.2, 0.25) is 0 Å². The van der Waals surface area contributed by atoms with Gasteiger partial charge < -0.3 is 29.4 Å². The minimum absolute atomic E-state index is 0. The molecule has 0 saturated heterocycles. The van der Waals surface area contributed by atoms with E-state index in [-0.39, 0.29) is 56.3 Å². The molecule has 0 aromatic carbocycles. The van der Waals surface area contributed by atoms with Gasteiger partial charge in [-0.05, 0) is 318 Å². The maximum atomic E-state index is 13.4. The minimum Gasteiger partial charge on any atom is -0.390 e. The zero-order valence-electron chi connectivity index (χ0n) is 58.5. The van der Waals surface area contributed by atoms with Crippen molar-refractivity contribution in [2.45, 2.75) is 309 Å². The smallest absolute Gasteiger partial charge is 0.156 e. The minimum atomic E-state index is -0.462. The molecule has 15 rings (SSSR count). The Morgan fingerprint density at radius 3 is 1.19 bits per heavy atom. The van der Waals surface area contributed by atoms with Crippen molar-refractivity contribution >= 4 is 33.3 Å². The van der Waals surface area contributed by atoms with Crippen LogP contribution in [0.1, 0.15) is 275 Å². The molecule has 530 valence electrons. The molecular formula is C81H133BrN6O6. The number of hydrogen-bond donors (Lipinski definition) is 4. The second kappa shape index (κ2) is 27.8. The number of ketones is 3. The molecular weight excluding hydrogens is 1230 g/mol. The van der Waals surface area contributed by atoms with Crippen molar-refractivity contribution in [3.05, 3.63) is 54.7 Å². The average molecular weight is 1370 g/mol. The van der Waals surface area contributed by atoms with Crippen LogP contribution in [0.5, 0.6) is 0 Å². The van der Waals surface area contributed by atoms with Crippen LogP contribution in [0.3, 0.4) is 0 Å². The maximum Gasteiger partial charge on any atom is 0.156 e. The number of hydrogen-bond acceptors (Lipinski definition) is 9. The predicted molar refractivity (Wildman–Crippen MR) is 384 cm³/mol. The fourth-order valence-corrected chi connectivity index (χ4v) is 26.4. The Bertz CT molecular complexity index is 3080. The highest BCUT2D eigenvalue weighted by Crippen LogP contribution is 2.72. The summed E-state index contributed by atoms with van der Waals surface area (Å²) in [5.41, 5.74) is 2.53. The first kappa shape index (κ1) is 75.2. The van der Waals surface area contributed by atoms with Gasteiger partial charge in [-0.25, -0.2) is 15.0 Å². The second-order valence-electron chi connectivity index (χ2n) is 36.2. The van der Waals surface area contributed by atoms with Crippen molar-refractivity contribution < 1.29 is 29.7 Å². The molecule has 0 bridgehead atoms. The SMILES string of the molecule is C.C.C.C[C@@]1(O)CC[C@@]2(C)[C@@H](CC[C@@H]3[C@@H]2CC[C@]2(C)[C@@H](C(=O)CBr)CC[C@@H]32)C1.Cc1cn(CC(=O)[C@H]2CC[C@H]3[C@@H]4CC[C@H]5C[C@](C)(O)CC[C@]5(C)[C@H]4CC[C@]23C)cn1.Cc1cnc[nH]1.Cc1nccn1CC(=O)[C@H]1CC[C@H]2[C@@H]3CC[C@H]4C[C@](C)(O)CC[C@]4(C)[C@H]3CC[C@]12C. The van der Waals surface area contributed by atoms with Crippen molar-refractivity contribution in [1.82, 2.24) is 29.1 Å². The van der Waals surface area contributed by atoms with Gasteiger partial charge in [-0.3, -0.25) is 14.4 Å². The van der Waals surface area contributed by atoms with E-state index in [0.717, 1.165) is 116 Å². The summed E-state index contributed by atoms with van der Waals surface area (Å²) < 4.78 is 3.99. The third-order valence-electron chi connectivity index (χ3n) is 31.1. The zero-order chi connectivity index (χ0) is 65.1. The van der Waals surface area contributed by atoms with Crippen LogP contribution in [0.4, 0.5) is 0 Å². The third kappa shape index (κ3) is 13.6. The van der Waals surface area contributed by atoms with Crippen molar-refractivity contribution in [3.8, 4) is 0 Å². The van der Waals surface area contributed by atoms with Crippen LogP contribution < -0.4 is 0 Å². The van der Waals surface area contributed by atoms with Crippen LogP contribution >= 0.6 is 15.9 Å². The van der Waals surface area contributed by atoms with E-state index < -0.39 is 16.8 Å². The number of aliphatic hydroxyl groups is 3. The van der Waals surface area contributed by atoms with Crippen molar-refractivity contribution in [3.63, 3.8) is 0 Å². The number of halogens is 1. The number of alkyl halides is 1. The summed E-state index contributed by atoms with van der Waals surface area (Å²) in [4.78, 5) is 54.5. The van der Waals surface area contributed by atoms with Gasteiger partial charge in [0.15, 0.2) is 11.6 Å². The second-order valence-corrected chi connectivity index (χ2v) is 36.7. The van der Waals surface area contributed by atoms with Crippen LogP contribution in [0.25, 0.3) is 0 Å². The number of nitrogens with one attached hydrogen (secondary N) is 1. The highest BCUT2D eigenvalue weighted by Gasteiger charge is 2.65.